The van der Waals surface area contributed by atoms with E-state index in [1.54, 1.807) is 12.1 Å². The largest absolute Gasteiger partial charge is 0.511 e. The van der Waals surface area contributed by atoms with Crippen LogP contribution in [-0.4, -0.2) is 23.5 Å². The summed E-state index contributed by atoms with van der Waals surface area (Å²) in [4.78, 5) is 11.7. The van der Waals surface area contributed by atoms with E-state index >= 15 is 0 Å². The number of allylic oxidation sites excluding steroid dienone is 1. The average Bonchev–Trinajstić information content (AvgIpc) is 2.83. The van der Waals surface area contributed by atoms with E-state index in [1.807, 2.05) is 18.2 Å². The van der Waals surface area contributed by atoms with Crippen molar-refractivity contribution >= 4 is 5.78 Å². The summed E-state index contributed by atoms with van der Waals surface area (Å²) in [6.45, 7) is 0.905. The van der Waals surface area contributed by atoms with Crippen LogP contribution in [0.5, 0.6) is 0 Å². The fraction of sp³-hybridized carbons (Fsp3) is 0.308. The third-order valence-electron chi connectivity index (χ3n) is 2.75. The third kappa shape index (κ3) is 2.49. The first kappa shape index (κ1) is 10.9. The second-order valence-electron chi connectivity index (χ2n) is 3.95. The van der Waals surface area contributed by atoms with Crippen LogP contribution in [0.2, 0.25) is 0 Å². The highest BCUT2D eigenvalue weighted by Gasteiger charge is 2.18. The lowest BCUT2D eigenvalue weighted by molar-refractivity contribution is 0.104. The van der Waals surface area contributed by atoms with Gasteiger partial charge < -0.3 is 10.4 Å². The molecule has 1 heterocycles. The van der Waals surface area contributed by atoms with Crippen molar-refractivity contribution < 1.29 is 9.90 Å². The summed E-state index contributed by atoms with van der Waals surface area (Å²) >= 11 is 0. The van der Waals surface area contributed by atoms with E-state index in [2.05, 4.69) is 5.32 Å². The van der Waals surface area contributed by atoms with E-state index in [4.69, 9.17) is 0 Å². The Morgan fingerprint density at radius 3 is 2.75 bits per heavy atom. The standard InChI is InChI=1S/C13H15NO2/c15-12(10-5-2-1-3-6-10)9-13(16)11-7-4-8-14-11/h1-3,5-6,9,11,14,16H,4,7-8H2/b13-9-/t11-/m0/s1. The number of ketones is 1. The van der Waals surface area contributed by atoms with Crippen molar-refractivity contribution in [3.05, 3.63) is 47.7 Å². The van der Waals surface area contributed by atoms with Crippen molar-refractivity contribution in [1.29, 1.82) is 0 Å². The lowest BCUT2D eigenvalue weighted by Crippen LogP contribution is -2.24. The number of carbonyl (C=O) groups excluding carboxylic acids is 1. The Morgan fingerprint density at radius 2 is 2.12 bits per heavy atom. The Balaban J connectivity index is 2.08. The molecule has 1 aromatic carbocycles. The van der Waals surface area contributed by atoms with Gasteiger partial charge in [0.25, 0.3) is 0 Å². The summed E-state index contributed by atoms with van der Waals surface area (Å²) in [6, 6.07) is 8.92. The van der Waals surface area contributed by atoms with Gasteiger partial charge in [0, 0.05) is 11.6 Å². The third-order valence-corrected chi connectivity index (χ3v) is 2.75. The molecule has 0 spiro atoms. The van der Waals surface area contributed by atoms with Gasteiger partial charge in [-0.1, -0.05) is 30.3 Å². The minimum absolute atomic E-state index is 0.0485. The average molecular weight is 217 g/mol. The quantitative estimate of drug-likeness (QED) is 0.463. The van der Waals surface area contributed by atoms with Crippen LogP contribution in [0, 0.1) is 0 Å². The van der Waals surface area contributed by atoms with Crippen LogP contribution in [0.3, 0.4) is 0 Å². The second kappa shape index (κ2) is 4.94. The molecule has 0 saturated carbocycles. The lowest BCUT2D eigenvalue weighted by atomic mass is 10.1. The van der Waals surface area contributed by atoms with Gasteiger partial charge >= 0.3 is 0 Å². The van der Waals surface area contributed by atoms with Gasteiger partial charge in [-0.3, -0.25) is 4.79 Å². The summed E-state index contributed by atoms with van der Waals surface area (Å²) in [5, 5.41) is 12.9. The van der Waals surface area contributed by atoms with E-state index in [1.165, 1.54) is 6.08 Å². The molecule has 0 unspecified atom stereocenters. The first-order chi connectivity index (χ1) is 7.77. The Hall–Kier alpha value is -1.61. The van der Waals surface area contributed by atoms with Gasteiger partial charge in [0.1, 0.15) is 5.76 Å². The van der Waals surface area contributed by atoms with E-state index < -0.39 is 0 Å². The highest BCUT2D eigenvalue weighted by molar-refractivity contribution is 6.04. The summed E-state index contributed by atoms with van der Waals surface area (Å²) in [7, 11) is 0. The summed E-state index contributed by atoms with van der Waals surface area (Å²) in [5.41, 5.74) is 0.604. The topological polar surface area (TPSA) is 49.3 Å². The number of aliphatic hydroxyl groups excluding tert-OH is 1. The lowest BCUT2D eigenvalue weighted by Gasteiger charge is -2.08. The second-order valence-corrected chi connectivity index (χ2v) is 3.95. The van der Waals surface area contributed by atoms with Crippen molar-refractivity contribution in [3.8, 4) is 0 Å². The number of nitrogens with one attached hydrogen (secondary N) is 1. The molecular weight excluding hydrogens is 202 g/mol. The molecular formula is C13H15NO2. The SMILES string of the molecule is O=C(/C=C(\O)[C@@H]1CCCN1)c1ccccc1. The molecule has 3 nitrogen and oxygen atoms in total. The van der Waals surface area contributed by atoms with Crippen molar-refractivity contribution in [2.45, 2.75) is 18.9 Å². The van der Waals surface area contributed by atoms with Gasteiger partial charge in [0.15, 0.2) is 5.78 Å². The molecule has 1 aliphatic rings. The molecule has 1 atom stereocenters. The normalized spacial score (nSPS) is 21.0. The molecule has 0 radical (unpaired) electrons. The molecule has 0 amide bonds. The predicted octanol–water partition coefficient (Wildman–Crippen LogP) is 2.06. The molecule has 2 N–H and O–H groups in total. The first-order valence-electron chi connectivity index (χ1n) is 5.50. The predicted molar refractivity (Wildman–Crippen MR) is 62.5 cm³/mol. The maximum atomic E-state index is 11.7. The van der Waals surface area contributed by atoms with Crippen LogP contribution >= 0.6 is 0 Å². The fourth-order valence-corrected chi connectivity index (χ4v) is 1.86. The maximum Gasteiger partial charge on any atom is 0.189 e. The molecule has 1 aliphatic heterocycles. The van der Waals surface area contributed by atoms with Gasteiger partial charge in [-0.2, -0.15) is 0 Å². The Labute approximate surface area is 94.8 Å². The van der Waals surface area contributed by atoms with E-state index in [-0.39, 0.29) is 17.6 Å². The molecule has 1 aromatic rings. The number of aliphatic hydroxyl groups is 1. The van der Waals surface area contributed by atoms with Crippen LogP contribution in [0.15, 0.2) is 42.2 Å². The number of hydrogen-bond donors (Lipinski definition) is 2. The Morgan fingerprint density at radius 1 is 1.38 bits per heavy atom. The molecule has 84 valence electrons. The minimum Gasteiger partial charge on any atom is -0.511 e. The van der Waals surface area contributed by atoms with Crippen LogP contribution < -0.4 is 5.32 Å². The number of rotatable bonds is 3. The van der Waals surface area contributed by atoms with Crippen molar-refractivity contribution in [3.63, 3.8) is 0 Å². The van der Waals surface area contributed by atoms with Gasteiger partial charge in [-0.25, -0.2) is 0 Å². The summed E-state index contributed by atoms with van der Waals surface area (Å²) in [5.74, 6) is -0.00171. The number of carbonyl (C=O) groups is 1. The van der Waals surface area contributed by atoms with E-state index in [0.717, 1.165) is 19.4 Å². The summed E-state index contributed by atoms with van der Waals surface area (Å²) in [6.07, 6.45) is 3.25. The smallest absolute Gasteiger partial charge is 0.189 e. The minimum atomic E-state index is -0.146. The van der Waals surface area contributed by atoms with Crippen LogP contribution in [0.4, 0.5) is 0 Å². The van der Waals surface area contributed by atoms with Gasteiger partial charge in [0.2, 0.25) is 0 Å². The zero-order valence-electron chi connectivity index (χ0n) is 9.02. The van der Waals surface area contributed by atoms with Gasteiger partial charge in [-0.15, -0.1) is 0 Å². The molecule has 16 heavy (non-hydrogen) atoms. The number of hydrogen-bond acceptors (Lipinski definition) is 3. The highest BCUT2D eigenvalue weighted by Crippen LogP contribution is 2.13. The molecule has 2 rings (SSSR count). The van der Waals surface area contributed by atoms with Gasteiger partial charge in [0.05, 0.1) is 6.04 Å². The van der Waals surface area contributed by atoms with Crippen LogP contribution in [0.25, 0.3) is 0 Å². The van der Waals surface area contributed by atoms with Crippen molar-refractivity contribution in [2.24, 2.45) is 0 Å². The first-order valence-corrected chi connectivity index (χ1v) is 5.50. The highest BCUT2D eigenvalue weighted by atomic mass is 16.3. The molecule has 1 saturated heterocycles. The van der Waals surface area contributed by atoms with Crippen molar-refractivity contribution in [2.75, 3.05) is 6.54 Å². The molecule has 3 heteroatoms. The molecule has 1 fully saturated rings. The van der Waals surface area contributed by atoms with E-state index in [0.29, 0.717) is 5.56 Å². The molecule has 0 aromatic heterocycles. The van der Waals surface area contributed by atoms with Gasteiger partial charge in [-0.05, 0) is 19.4 Å². The molecule has 0 aliphatic carbocycles. The van der Waals surface area contributed by atoms with Crippen molar-refractivity contribution in [1.82, 2.24) is 5.32 Å². The molecule has 0 bridgehead atoms. The zero-order chi connectivity index (χ0) is 11.4. The monoisotopic (exact) mass is 217 g/mol. The maximum absolute atomic E-state index is 11.7. The Bertz CT molecular complexity index is 392. The van der Waals surface area contributed by atoms with Crippen LogP contribution in [0.1, 0.15) is 23.2 Å². The van der Waals surface area contributed by atoms with Crippen LogP contribution in [-0.2, 0) is 0 Å². The fourth-order valence-electron chi connectivity index (χ4n) is 1.86. The Kier molecular flexibility index (Phi) is 3.37. The summed E-state index contributed by atoms with van der Waals surface area (Å²) < 4.78 is 0. The van der Waals surface area contributed by atoms with E-state index in [9.17, 15) is 9.90 Å². The number of benzene rings is 1. The zero-order valence-corrected chi connectivity index (χ0v) is 9.02.